The number of benzene rings is 1. The van der Waals surface area contributed by atoms with Crippen LogP contribution in [0.3, 0.4) is 0 Å². The monoisotopic (exact) mass is 230 g/mol. The van der Waals surface area contributed by atoms with E-state index in [1.807, 2.05) is 18.2 Å². The third kappa shape index (κ3) is 4.72. The van der Waals surface area contributed by atoms with Gasteiger partial charge in [0.05, 0.1) is 11.1 Å². The first-order chi connectivity index (χ1) is 7.72. The molecule has 0 radical (unpaired) electrons. The Balaban J connectivity index is 2.41. The highest BCUT2D eigenvalue weighted by atomic mass is 32.1. The maximum Gasteiger partial charge on any atom is 0.0971 e. The van der Waals surface area contributed by atoms with Crippen molar-refractivity contribution in [3.63, 3.8) is 0 Å². The Morgan fingerprint density at radius 1 is 1.38 bits per heavy atom. The van der Waals surface area contributed by atoms with Crippen molar-refractivity contribution in [2.75, 3.05) is 0 Å². The molecule has 0 amide bonds. The molecule has 0 unspecified atom stereocenters. The number of hydrogen-bond acceptors (Lipinski definition) is 2. The van der Waals surface area contributed by atoms with E-state index < -0.39 is 0 Å². The number of nitrogens with two attached hydrogens (primary N) is 1. The molecule has 0 fully saturated rings. The zero-order chi connectivity index (χ0) is 11.8. The van der Waals surface area contributed by atoms with Gasteiger partial charge in [0.1, 0.15) is 0 Å². The Hall–Kier alpha value is -1.66. The Labute approximate surface area is 101 Å². The normalized spacial score (nSPS) is 10.8. The largest absolute Gasteiger partial charge is 0.390 e. The first kappa shape index (κ1) is 12.4. The fourth-order valence-electron chi connectivity index (χ4n) is 1.46. The number of allylic oxidation sites excluding steroid dienone is 1. The predicted molar refractivity (Wildman–Crippen MR) is 69.9 cm³/mol. The minimum atomic E-state index is 0.274. The molecule has 0 aromatic heterocycles. The van der Waals surface area contributed by atoms with Crippen molar-refractivity contribution in [2.24, 2.45) is 5.73 Å². The van der Waals surface area contributed by atoms with Crippen LogP contribution in [0.2, 0.25) is 0 Å². The summed E-state index contributed by atoms with van der Waals surface area (Å²) < 4.78 is 0. The van der Waals surface area contributed by atoms with E-state index in [9.17, 15) is 0 Å². The Bertz CT molecular complexity index is 415. The molecule has 3 heteroatoms. The summed E-state index contributed by atoms with van der Waals surface area (Å²) in [4.78, 5) is 0.274. The smallest absolute Gasteiger partial charge is 0.0971 e. The maximum absolute atomic E-state index is 8.84. The van der Waals surface area contributed by atoms with Gasteiger partial charge in [0, 0.05) is 5.57 Å². The zero-order valence-corrected chi connectivity index (χ0v) is 9.83. The molecule has 1 aromatic rings. The Morgan fingerprint density at radius 2 is 2.06 bits per heavy atom. The van der Waals surface area contributed by atoms with Gasteiger partial charge in [0.2, 0.25) is 0 Å². The molecule has 1 rings (SSSR count). The van der Waals surface area contributed by atoms with E-state index in [1.54, 1.807) is 6.08 Å². The third-order valence-electron chi connectivity index (χ3n) is 2.21. The highest BCUT2D eigenvalue weighted by molar-refractivity contribution is 7.80. The summed E-state index contributed by atoms with van der Waals surface area (Å²) in [6, 6.07) is 12.3. The second-order valence-electron chi connectivity index (χ2n) is 3.52. The van der Waals surface area contributed by atoms with Gasteiger partial charge in [0.15, 0.2) is 0 Å². The lowest BCUT2D eigenvalue weighted by molar-refractivity contribution is 0.826. The molecule has 0 aliphatic heterocycles. The lowest BCUT2D eigenvalue weighted by Crippen LogP contribution is -2.04. The fraction of sp³-hybridized carbons (Fsp3) is 0.231. The van der Waals surface area contributed by atoms with Gasteiger partial charge in [-0.25, -0.2) is 0 Å². The van der Waals surface area contributed by atoms with E-state index in [0.29, 0.717) is 5.57 Å². The van der Waals surface area contributed by atoms with E-state index >= 15 is 0 Å². The van der Waals surface area contributed by atoms with E-state index in [2.05, 4.69) is 18.2 Å². The average molecular weight is 230 g/mol. The summed E-state index contributed by atoms with van der Waals surface area (Å²) in [7, 11) is 0. The van der Waals surface area contributed by atoms with Crippen molar-refractivity contribution >= 4 is 17.2 Å². The van der Waals surface area contributed by atoms with Crippen LogP contribution in [0.25, 0.3) is 0 Å². The van der Waals surface area contributed by atoms with E-state index in [0.717, 1.165) is 19.3 Å². The van der Waals surface area contributed by atoms with Crippen LogP contribution in [-0.4, -0.2) is 4.99 Å². The molecule has 0 aliphatic carbocycles. The molecule has 0 bridgehead atoms. The number of nitrogens with zero attached hydrogens (tertiary/aromatic N) is 1. The predicted octanol–water partition coefficient (Wildman–Crippen LogP) is 2.75. The summed E-state index contributed by atoms with van der Waals surface area (Å²) in [6.45, 7) is 0. The van der Waals surface area contributed by atoms with Gasteiger partial charge >= 0.3 is 0 Å². The van der Waals surface area contributed by atoms with E-state index in [4.69, 9.17) is 23.2 Å². The molecule has 0 aliphatic rings. The van der Waals surface area contributed by atoms with Crippen LogP contribution in [0.4, 0.5) is 0 Å². The molecular weight excluding hydrogens is 216 g/mol. The van der Waals surface area contributed by atoms with Crippen molar-refractivity contribution in [1.82, 2.24) is 0 Å². The average Bonchev–Trinajstić information content (AvgIpc) is 2.28. The SMILES string of the molecule is N#CC(=CC(N)=S)CCCc1ccccc1. The van der Waals surface area contributed by atoms with Crippen molar-refractivity contribution < 1.29 is 0 Å². The van der Waals surface area contributed by atoms with Gasteiger partial charge in [-0.3, -0.25) is 0 Å². The Morgan fingerprint density at radius 3 is 2.62 bits per heavy atom. The number of hydrogen-bond donors (Lipinski definition) is 1. The molecule has 0 saturated carbocycles. The molecule has 0 spiro atoms. The van der Waals surface area contributed by atoms with Crippen LogP contribution in [0.15, 0.2) is 42.0 Å². The van der Waals surface area contributed by atoms with Gasteiger partial charge in [-0.2, -0.15) is 5.26 Å². The third-order valence-corrected chi connectivity index (χ3v) is 2.33. The Kier molecular flexibility index (Phi) is 5.24. The lowest BCUT2D eigenvalue weighted by Gasteiger charge is -2.00. The zero-order valence-electron chi connectivity index (χ0n) is 9.02. The fourth-order valence-corrected chi connectivity index (χ4v) is 1.60. The van der Waals surface area contributed by atoms with Gasteiger partial charge in [-0.15, -0.1) is 0 Å². The molecular formula is C13H14N2S. The molecule has 2 nitrogen and oxygen atoms in total. The summed E-state index contributed by atoms with van der Waals surface area (Å²) in [5, 5.41) is 8.84. The summed E-state index contributed by atoms with van der Waals surface area (Å²) in [5.41, 5.74) is 7.30. The van der Waals surface area contributed by atoms with Crippen LogP contribution >= 0.6 is 12.2 Å². The van der Waals surface area contributed by atoms with E-state index in [-0.39, 0.29) is 4.99 Å². The van der Waals surface area contributed by atoms with Gasteiger partial charge in [0.25, 0.3) is 0 Å². The first-order valence-corrected chi connectivity index (χ1v) is 5.57. The van der Waals surface area contributed by atoms with Crippen LogP contribution in [-0.2, 0) is 6.42 Å². The van der Waals surface area contributed by atoms with Crippen LogP contribution < -0.4 is 5.73 Å². The molecule has 0 saturated heterocycles. The highest BCUT2D eigenvalue weighted by Crippen LogP contribution is 2.09. The molecule has 0 heterocycles. The van der Waals surface area contributed by atoms with E-state index in [1.165, 1.54) is 5.56 Å². The van der Waals surface area contributed by atoms with Gasteiger partial charge < -0.3 is 5.73 Å². The summed E-state index contributed by atoms with van der Waals surface area (Å²) >= 11 is 4.73. The topological polar surface area (TPSA) is 49.8 Å². The number of rotatable bonds is 5. The van der Waals surface area contributed by atoms with Crippen LogP contribution in [0.1, 0.15) is 18.4 Å². The minimum absolute atomic E-state index is 0.274. The molecule has 82 valence electrons. The standard InChI is InChI=1S/C13H14N2S/c14-10-12(9-13(15)16)8-4-7-11-5-2-1-3-6-11/h1-3,5-6,9H,4,7-8H2,(H2,15,16). The quantitative estimate of drug-likeness (QED) is 0.480. The van der Waals surface area contributed by atoms with Crippen molar-refractivity contribution in [1.29, 1.82) is 5.26 Å². The van der Waals surface area contributed by atoms with Crippen molar-refractivity contribution in [2.45, 2.75) is 19.3 Å². The van der Waals surface area contributed by atoms with Crippen LogP contribution in [0, 0.1) is 11.3 Å². The molecule has 2 N–H and O–H groups in total. The van der Waals surface area contributed by atoms with Gasteiger partial charge in [-0.1, -0.05) is 42.5 Å². The number of nitriles is 1. The van der Waals surface area contributed by atoms with Crippen molar-refractivity contribution in [3.05, 3.63) is 47.5 Å². The summed E-state index contributed by atoms with van der Waals surface area (Å²) in [5.74, 6) is 0. The second kappa shape index (κ2) is 6.76. The highest BCUT2D eigenvalue weighted by Gasteiger charge is 1.98. The molecule has 0 atom stereocenters. The van der Waals surface area contributed by atoms with Crippen LogP contribution in [0.5, 0.6) is 0 Å². The molecule has 1 aromatic carbocycles. The molecule has 16 heavy (non-hydrogen) atoms. The second-order valence-corrected chi connectivity index (χ2v) is 3.99. The van der Waals surface area contributed by atoms with Gasteiger partial charge in [-0.05, 0) is 30.9 Å². The number of aryl methyl sites for hydroxylation is 1. The first-order valence-electron chi connectivity index (χ1n) is 5.16. The van der Waals surface area contributed by atoms with Crippen molar-refractivity contribution in [3.8, 4) is 6.07 Å². The number of thiocarbonyl (C=S) groups is 1. The summed E-state index contributed by atoms with van der Waals surface area (Å²) in [6.07, 6.45) is 4.20. The minimum Gasteiger partial charge on any atom is -0.390 e. The lowest BCUT2D eigenvalue weighted by atomic mass is 10.0. The maximum atomic E-state index is 8.84.